The smallest absolute Gasteiger partial charge is 0.128 e. The third kappa shape index (κ3) is 3.22. The number of aliphatic hydroxyl groups excluding tert-OH is 1. The zero-order valence-corrected chi connectivity index (χ0v) is 9.49. The second-order valence-electron chi connectivity index (χ2n) is 3.61. The van der Waals surface area contributed by atoms with Gasteiger partial charge in [0.1, 0.15) is 11.9 Å². The van der Waals surface area contributed by atoms with Gasteiger partial charge in [-0.3, -0.25) is 0 Å². The number of hydrogen-bond acceptors (Lipinski definition) is 3. The van der Waals surface area contributed by atoms with Crippen molar-refractivity contribution in [2.45, 2.75) is 26.6 Å². The molecule has 0 spiro atoms. The molecule has 0 aliphatic carbocycles. The maximum Gasteiger partial charge on any atom is 0.128 e. The lowest BCUT2D eigenvalue weighted by Crippen LogP contribution is -2.19. The van der Waals surface area contributed by atoms with Gasteiger partial charge < -0.3 is 14.6 Å². The molecule has 0 fully saturated rings. The fourth-order valence-electron chi connectivity index (χ4n) is 1.48. The molecule has 1 rings (SSSR count). The SMILES string of the molecule is COCC(C)Oc1c(C)cccc1CO. The minimum atomic E-state index is -0.0126. The van der Waals surface area contributed by atoms with Crippen molar-refractivity contribution in [2.75, 3.05) is 13.7 Å². The lowest BCUT2D eigenvalue weighted by molar-refractivity contribution is 0.0898. The van der Waals surface area contributed by atoms with Crippen molar-refractivity contribution in [2.24, 2.45) is 0 Å². The van der Waals surface area contributed by atoms with Crippen LogP contribution in [0.2, 0.25) is 0 Å². The molecule has 0 bridgehead atoms. The lowest BCUT2D eigenvalue weighted by Gasteiger charge is -2.18. The molecule has 1 unspecified atom stereocenters. The van der Waals surface area contributed by atoms with Crippen molar-refractivity contribution >= 4 is 0 Å². The van der Waals surface area contributed by atoms with Gasteiger partial charge in [0.05, 0.1) is 13.2 Å². The number of benzene rings is 1. The van der Waals surface area contributed by atoms with Crippen LogP contribution in [0.1, 0.15) is 18.1 Å². The van der Waals surface area contributed by atoms with Crippen LogP contribution in [0.3, 0.4) is 0 Å². The average Bonchev–Trinajstić information content (AvgIpc) is 2.21. The molecular formula is C12H18O3. The average molecular weight is 210 g/mol. The minimum Gasteiger partial charge on any atom is -0.488 e. The molecule has 15 heavy (non-hydrogen) atoms. The van der Waals surface area contributed by atoms with Crippen molar-refractivity contribution in [3.8, 4) is 5.75 Å². The lowest BCUT2D eigenvalue weighted by atomic mass is 10.1. The van der Waals surface area contributed by atoms with Crippen LogP contribution in [0.4, 0.5) is 0 Å². The first kappa shape index (κ1) is 12.0. The highest BCUT2D eigenvalue weighted by atomic mass is 16.5. The second kappa shape index (κ2) is 5.73. The normalized spacial score (nSPS) is 12.5. The number of aliphatic hydroxyl groups is 1. The molecule has 0 aliphatic heterocycles. The van der Waals surface area contributed by atoms with E-state index in [2.05, 4.69) is 0 Å². The van der Waals surface area contributed by atoms with E-state index >= 15 is 0 Å². The van der Waals surface area contributed by atoms with Crippen LogP contribution < -0.4 is 4.74 Å². The number of ether oxygens (including phenoxy) is 2. The quantitative estimate of drug-likeness (QED) is 0.806. The van der Waals surface area contributed by atoms with Gasteiger partial charge in [-0.2, -0.15) is 0 Å². The molecule has 0 saturated heterocycles. The van der Waals surface area contributed by atoms with E-state index in [0.29, 0.717) is 6.61 Å². The van der Waals surface area contributed by atoms with Crippen LogP contribution in [0.5, 0.6) is 5.75 Å². The van der Waals surface area contributed by atoms with Crippen LogP contribution in [0, 0.1) is 6.92 Å². The summed E-state index contributed by atoms with van der Waals surface area (Å²) < 4.78 is 10.7. The van der Waals surface area contributed by atoms with E-state index in [-0.39, 0.29) is 12.7 Å². The Balaban J connectivity index is 2.82. The maximum atomic E-state index is 9.17. The van der Waals surface area contributed by atoms with Crippen molar-refractivity contribution in [1.82, 2.24) is 0 Å². The van der Waals surface area contributed by atoms with Crippen molar-refractivity contribution in [3.05, 3.63) is 29.3 Å². The number of aryl methyl sites for hydroxylation is 1. The fraction of sp³-hybridized carbons (Fsp3) is 0.500. The van der Waals surface area contributed by atoms with Crippen molar-refractivity contribution < 1.29 is 14.6 Å². The van der Waals surface area contributed by atoms with E-state index in [4.69, 9.17) is 9.47 Å². The zero-order valence-electron chi connectivity index (χ0n) is 9.49. The van der Waals surface area contributed by atoms with Gasteiger partial charge in [-0.25, -0.2) is 0 Å². The molecule has 0 aromatic heterocycles. The van der Waals surface area contributed by atoms with Crippen molar-refractivity contribution in [1.29, 1.82) is 0 Å². The summed E-state index contributed by atoms with van der Waals surface area (Å²) >= 11 is 0. The molecule has 0 radical (unpaired) electrons. The predicted octanol–water partition coefficient (Wildman–Crippen LogP) is 1.90. The Morgan fingerprint density at radius 1 is 1.40 bits per heavy atom. The largest absolute Gasteiger partial charge is 0.488 e. The first-order valence-corrected chi connectivity index (χ1v) is 5.04. The van der Waals surface area contributed by atoms with Gasteiger partial charge >= 0.3 is 0 Å². The van der Waals surface area contributed by atoms with Gasteiger partial charge in [0.15, 0.2) is 0 Å². The molecule has 84 valence electrons. The topological polar surface area (TPSA) is 38.7 Å². The third-order valence-corrected chi connectivity index (χ3v) is 2.18. The Labute approximate surface area is 90.6 Å². The second-order valence-corrected chi connectivity index (χ2v) is 3.61. The van der Waals surface area contributed by atoms with Crippen molar-refractivity contribution in [3.63, 3.8) is 0 Å². The van der Waals surface area contributed by atoms with E-state index in [0.717, 1.165) is 16.9 Å². The first-order valence-electron chi connectivity index (χ1n) is 5.04. The van der Waals surface area contributed by atoms with E-state index < -0.39 is 0 Å². The summed E-state index contributed by atoms with van der Waals surface area (Å²) in [6.45, 7) is 4.45. The number of hydrogen-bond donors (Lipinski definition) is 1. The van der Waals surface area contributed by atoms with Gasteiger partial charge in [0.2, 0.25) is 0 Å². The van der Waals surface area contributed by atoms with Crippen LogP contribution in [-0.2, 0) is 11.3 Å². The summed E-state index contributed by atoms with van der Waals surface area (Å²) in [6.07, 6.45) is -0.0126. The monoisotopic (exact) mass is 210 g/mol. The number of rotatable bonds is 5. The zero-order chi connectivity index (χ0) is 11.3. The molecule has 0 aliphatic rings. The van der Waals surface area contributed by atoms with Crippen LogP contribution >= 0.6 is 0 Å². The molecule has 3 nitrogen and oxygen atoms in total. The van der Waals surface area contributed by atoms with Crippen LogP contribution in [0.15, 0.2) is 18.2 Å². The highest BCUT2D eigenvalue weighted by molar-refractivity contribution is 5.40. The minimum absolute atomic E-state index is 0.00326. The van der Waals surface area contributed by atoms with E-state index in [9.17, 15) is 5.11 Å². The molecule has 0 heterocycles. The summed E-state index contributed by atoms with van der Waals surface area (Å²) in [5, 5.41) is 9.17. The van der Waals surface area contributed by atoms with E-state index in [1.165, 1.54) is 0 Å². The maximum absolute atomic E-state index is 9.17. The Hall–Kier alpha value is -1.06. The molecule has 0 amide bonds. The molecular weight excluding hydrogens is 192 g/mol. The number of methoxy groups -OCH3 is 1. The van der Waals surface area contributed by atoms with Gasteiger partial charge in [-0.15, -0.1) is 0 Å². The fourth-order valence-corrected chi connectivity index (χ4v) is 1.48. The Morgan fingerprint density at radius 2 is 2.13 bits per heavy atom. The summed E-state index contributed by atoms with van der Waals surface area (Å²) in [7, 11) is 1.64. The molecule has 1 atom stereocenters. The van der Waals surface area contributed by atoms with Gasteiger partial charge in [-0.1, -0.05) is 18.2 Å². The molecule has 1 N–H and O–H groups in total. The first-order chi connectivity index (χ1) is 7.19. The summed E-state index contributed by atoms with van der Waals surface area (Å²) in [6, 6.07) is 5.74. The number of para-hydroxylation sites is 1. The molecule has 1 aromatic rings. The predicted molar refractivity (Wildman–Crippen MR) is 59.1 cm³/mol. The standard InChI is InChI=1S/C12H18O3/c1-9-5-4-6-11(7-13)12(9)15-10(2)8-14-3/h4-6,10,13H,7-8H2,1-3H3. The highest BCUT2D eigenvalue weighted by Gasteiger charge is 2.09. The Bertz CT molecular complexity index is 310. The van der Waals surface area contributed by atoms with E-state index in [1.54, 1.807) is 7.11 Å². The summed E-state index contributed by atoms with van der Waals surface area (Å²) in [4.78, 5) is 0. The highest BCUT2D eigenvalue weighted by Crippen LogP contribution is 2.24. The molecule has 0 saturated carbocycles. The van der Waals surface area contributed by atoms with Crippen LogP contribution in [-0.4, -0.2) is 24.9 Å². The summed E-state index contributed by atoms with van der Waals surface area (Å²) in [5.74, 6) is 0.768. The van der Waals surface area contributed by atoms with Gasteiger partial charge in [0, 0.05) is 12.7 Å². The van der Waals surface area contributed by atoms with E-state index in [1.807, 2.05) is 32.0 Å². The Kier molecular flexibility index (Phi) is 4.59. The third-order valence-electron chi connectivity index (χ3n) is 2.18. The molecule has 3 heteroatoms. The Morgan fingerprint density at radius 3 is 2.73 bits per heavy atom. The summed E-state index contributed by atoms with van der Waals surface area (Å²) in [5.41, 5.74) is 1.85. The van der Waals surface area contributed by atoms with Gasteiger partial charge in [-0.05, 0) is 19.4 Å². The molecule has 1 aromatic carbocycles. The van der Waals surface area contributed by atoms with Crippen LogP contribution in [0.25, 0.3) is 0 Å². The van der Waals surface area contributed by atoms with Gasteiger partial charge in [0.25, 0.3) is 0 Å².